The van der Waals surface area contributed by atoms with Crippen molar-refractivity contribution >= 4 is 55.6 Å². The van der Waals surface area contributed by atoms with Crippen LogP contribution in [0.25, 0.3) is 10.2 Å². The summed E-state index contributed by atoms with van der Waals surface area (Å²) in [6, 6.07) is 8.54. The van der Waals surface area contributed by atoms with Crippen LogP contribution < -0.4 is 9.60 Å². The Morgan fingerprint density at radius 2 is 2.00 bits per heavy atom. The minimum absolute atomic E-state index is 0. The number of benzene rings is 2. The summed E-state index contributed by atoms with van der Waals surface area (Å²) in [5, 5.41) is 11.1. The Labute approximate surface area is 193 Å². The molecule has 1 heterocycles. The molecule has 3 rings (SSSR count). The van der Waals surface area contributed by atoms with E-state index < -0.39 is 27.0 Å². The van der Waals surface area contributed by atoms with Gasteiger partial charge in [0.2, 0.25) is 10.0 Å². The zero-order chi connectivity index (χ0) is 22.8. The van der Waals surface area contributed by atoms with Crippen molar-refractivity contribution in [2.75, 3.05) is 6.61 Å². The molecule has 0 aliphatic carbocycles. The first-order valence-electron chi connectivity index (χ1n) is 9.14. The van der Waals surface area contributed by atoms with E-state index in [1.54, 1.807) is 14.0 Å². The van der Waals surface area contributed by atoms with E-state index in [4.69, 9.17) is 4.74 Å². The molecular formula is C19H20ClN3O7S2. The molecule has 1 atom stereocenters. The summed E-state index contributed by atoms with van der Waals surface area (Å²) >= 11 is 0.913. The van der Waals surface area contributed by atoms with Crippen molar-refractivity contribution in [1.82, 2.24) is 9.29 Å². The lowest BCUT2D eigenvalue weighted by molar-refractivity contribution is -0.384. The number of thiazole rings is 1. The van der Waals surface area contributed by atoms with E-state index >= 15 is 0 Å². The standard InChI is InChI=1S/C19H19N3O7S2.ClH/c1-3-29-18(23)11-15(12-5-4-6-13(9-12)22(25)26)20-31(27,28)14-7-8-16-17(10-14)30-19(24)21(16)2;/h4-10,15,20H,3,11H2,1-2H3;1H. The molecule has 0 aliphatic heterocycles. The molecule has 0 amide bonds. The molecule has 0 saturated carbocycles. The maximum atomic E-state index is 13.0. The number of ether oxygens (including phenoxy) is 1. The maximum Gasteiger partial charge on any atom is 0.307 e. The van der Waals surface area contributed by atoms with Crippen molar-refractivity contribution in [2.45, 2.75) is 24.3 Å². The van der Waals surface area contributed by atoms with Gasteiger partial charge in [0.05, 0.1) is 39.1 Å². The third-order valence-corrected chi connectivity index (χ3v) is 7.00. The molecular weight excluding hydrogens is 482 g/mol. The molecule has 1 N–H and O–H groups in total. The second kappa shape index (κ2) is 10.2. The van der Waals surface area contributed by atoms with Crippen LogP contribution in [0.15, 0.2) is 52.2 Å². The number of hydrogen-bond donors (Lipinski definition) is 1. The maximum absolute atomic E-state index is 13.0. The monoisotopic (exact) mass is 501 g/mol. The fourth-order valence-electron chi connectivity index (χ4n) is 3.01. The summed E-state index contributed by atoms with van der Waals surface area (Å²) in [5.41, 5.74) is 0.605. The van der Waals surface area contributed by atoms with Crippen LogP contribution in [-0.2, 0) is 26.6 Å². The molecule has 2 aromatic carbocycles. The molecule has 0 aliphatic rings. The lowest BCUT2D eigenvalue weighted by Crippen LogP contribution is -2.30. The Kier molecular flexibility index (Phi) is 8.13. The smallest absolute Gasteiger partial charge is 0.307 e. The average Bonchev–Trinajstić information content (AvgIpc) is 3.01. The molecule has 0 spiro atoms. The number of nitrogens with zero attached hydrogens (tertiary/aromatic N) is 2. The predicted octanol–water partition coefficient (Wildman–Crippen LogP) is 2.90. The van der Waals surface area contributed by atoms with Gasteiger partial charge in [-0.25, -0.2) is 13.1 Å². The Balaban J connectivity index is 0.00000363. The van der Waals surface area contributed by atoms with Crippen molar-refractivity contribution in [2.24, 2.45) is 7.05 Å². The number of aromatic nitrogens is 1. The number of carbonyl (C=O) groups excluding carboxylic acids is 1. The first-order valence-corrected chi connectivity index (χ1v) is 11.4. The fourth-order valence-corrected chi connectivity index (χ4v) is 5.25. The number of carbonyl (C=O) groups is 1. The van der Waals surface area contributed by atoms with Gasteiger partial charge in [-0.3, -0.25) is 19.7 Å². The number of nitro benzene ring substituents is 1. The van der Waals surface area contributed by atoms with Gasteiger partial charge >= 0.3 is 10.8 Å². The van der Waals surface area contributed by atoms with Crippen LogP contribution in [0.5, 0.6) is 0 Å². The normalized spacial score (nSPS) is 12.2. The molecule has 172 valence electrons. The zero-order valence-electron chi connectivity index (χ0n) is 17.0. The number of sulfonamides is 1. The summed E-state index contributed by atoms with van der Waals surface area (Å²) in [6.07, 6.45) is -0.352. The van der Waals surface area contributed by atoms with Gasteiger partial charge in [0, 0.05) is 19.2 Å². The van der Waals surface area contributed by atoms with Gasteiger partial charge in [0.1, 0.15) is 0 Å². The third-order valence-electron chi connectivity index (χ3n) is 4.53. The van der Waals surface area contributed by atoms with Crippen LogP contribution in [-0.4, -0.2) is 30.5 Å². The summed E-state index contributed by atoms with van der Waals surface area (Å²) in [6.45, 7) is 1.72. The molecule has 0 fully saturated rings. The van der Waals surface area contributed by atoms with E-state index in [0.29, 0.717) is 10.2 Å². The highest BCUT2D eigenvalue weighted by Gasteiger charge is 2.26. The number of hydrogen-bond acceptors (Lipinski definition) is 8. The molecule has 0 bridgehead atoms. The average molecular weight is 502 g/mol. The van der Waals surface area contributed by atoms with E-state index in [-0.39, 0.29) is 46.5 Å². The highest BCUT2D eigenvalue weighted by molar-refractivity contribution is 7.89. The second-order valence-corrected chi connectivity index (χ2v) is 9.30. The fraction of sp³-hybridized carbons (Fsp3) is 0.263. The SMILES string of the molecule is CCOC(=O)CC(NS(=O)(=O)c1ccc2c(c1)sc(=O)n2C)c1cccc([N+](=O)[O-])c1.Cl. The van der Waals surface area contributed by atoms with Crippen LogP contribution >= 0.6 is 23.7 Å². The first kappa shape index (κ1) is 25.5. The lowest BCUT2D eigenvalue weighted by Gasteiger charge is -2.18. The number of rotatable bonds is 8. The summed E-state index contributed by atoms with van der Waals surface area (Å²) in [4.78, 5) is 34.1. The molecule has 13 heteroatoms. The number of esters is 1. The Bertz CT molecular complexity index is 1320. The molecule has 10 nitrogen and oxygen atoms in total. The predicted molar refractivity (Wildman–Crippen MR) is 122 cm³/mol. The highest BCUT2D eigenvalue weighted by atomic mass is 35.5. The Morgan fingerprint density at radius 1 is 1.28 bits per heavy atom. The molecule has 32 heavy (non-hydrogen) atoms. The van der Waals surface area contributed by atoms with Crippen molar-refractivity contribution < 1.29 is 22.9 Å². The van der Waals surface area contributed by atoms with Crippen LogP contribution in [0.2, 0.25) is 0 Å². The van der Waals surface area contributed by atoms with Crippen LogP contribution in [0.4, 0.5) is 5.69 Å². The topological polar surface area (TPSA) is 138 Å². The number of nitro groups is 1. The Morgan fingerprint density at radius 3 is 2.66 bits per heavy atom. The zero-order valence-corrected chi connectivity index (χ0v) is 19.5. The number of halogens is 1. The quantitative estimate of drug-likeness (QED) is 0.284. The number of nitrogens with one attached hydrogen (secondary N) is 1. The number of non-ortho nitro benzene ring substituents is 1. The van der Waals surface area contributed by atoms with Gasteiger partial charge in [-0.15, -0.1) is 12.4 Å². The Hall–Kier alpha value is -2.80. The first-order chi connectivity index (χ1) is 14.6. The van der Waals surface area contributed by atoms with Crippen LogP contribution in [0.3, 0.4) is 0 Å². The van der Waals surface area contributed by atoms with E-state index in [9.17, 15) is 28.1 Å². The second-order valence-electron chi connectivity index (χ2n) is 6.59. The van der Waals surface area contributed by atoms with Crippen molar-refractivity contribution in [1.29, 1.82) is 0 Å². The van der Waals surface area contributed by atoms with E-state index in [2.05, 4.69) is 4.72 Å². The molecule has 0 radical (unpaired) electrons. The van der Waals surface area contributed by atoms with Crippen molar-refractivity contribution in [3.63, 3.8) is 0 Å². The van der Waals surface area contributed by atoms with Gasteiger partial charge in [-0.2, -0.15) is 0 Å². The van der Waals surface area contributed by atoms with Crippen molar-refractivity contribution in [3.05, 3.63) is 67.8 Å². The minimum Gasteiger partial charge on any atom is -0.466 e. The van der Waals surface area contributed by atoms with E-state index in [1.165, 1.54) is 47.0 Å². The minimum atomic E-state index is -4.13. The van der Waals surface area contributed by atoms with Gasteiger partial charge in [0.15, 0.2) is 0 Å². The highest BCUT2D eigenvalue weighted by Crippen LogP contribution is 2.26. The van der Waals surface area contributed by atoms with E-state index in [0.717, 1.165) is 11.3 Å². The molecule has 3 aromatic rings. The van der Waals surface area contributed by atoms with Crippen LogP contribution in [0, 0.1) is 10.1 Å². The lowest BCUT2D eigenvalue weighted by atomic mass is 10.0. The van der Waals surface area contributed by atoms with Gasteiger partial charge < -0.3 is 9.30 Å². The summed E-state index contributed by atoms with van der Waals surface area (Å²) in [7, 11) is -2.54. The van der Waals surface area contributed by atoms with Gasteiger partial charge in [0.25, 0.3) is 5.69 Å². The summed E-state index contributed by atoms with van der Waals surface area (Å²) in [5.74, 6) is -0.654. The third kappa shape index (κ3) is 5.51. The van der Waals surface area contributed by atoms with Gasteiger partial charge in [-0.1, -0.05) is 23.5 Å². The molecule has 1 aromatic heterocycles. The summed E-state index contributed by atoms with van der Waals surface area (Å²) < 4.78 is 35.3. The molecule has 0 saturated heterocycles. The largest absolute Gasteiger partial charge is 0.466 e. The van der Waals surface area contributed by atoms with Gasteiger partial charge in [-0.05, 0) is 30.7 Å². The van der Waals surface area contributed by atoms with Crippen LogP contribution in [0.1, 0.15) is 24.9 Å². The number of fused-ring (bicyclic) bond motifs is 1. The van der Waals surface area contributed by atoms with Crippen molar-refractivity contribution in [3.8, 4) is 0 Å². The molecule has 1 unspecified atom stereocenters. The number of aryl methyl sites for hydroxylation is 1. The van der Waals surface area contributed by atoms with E-state index in [1.807, 2.05) is 0 Å².